The van der Waals surface area contributed by atoms with E-state index in [1.165, 1.54) is 0 Å². The molecule has 0 unspecified atom stereocenters. The van der Waals surface area contributed by atoms with E-state index >= 15 is 0 Å². The zero-order chi connectivity index (χ0) is 14.6. The first-order valence-corrected chi connectivity index (χ1v) is 6.36. The molecule has 7 heteroatoms. The Morgan fingerprint density at radius 2 is 1.53 bits per heavy atom. The summed E-state index contributed by atoms with van der Waals surface area (Å²) in [6, 6.07) is 0. The van der Waals surface area contributed by atoms with Crippen molar-refractivity contribution in [3.05, 3.63) is 0 Å². The fourth-order valence-corrected chi connectivity index (χ4v) is 1.06. The van der Waals surface area contributed by atoms with Crippen LogP contribution >= 0.6 is 0 Å². The third kappa shape index (κ3) is 15.1. The van der Waals surface area contributed by atoms with Crippen molar-refractivity contribution >= 4 is 6.09 Å². The lowest BCUT2D eigenvalue weighted by Crippen LogP contribution is -2.34. The zero-order valence-electron chi connectivity index (χ0n) is 12.1. The summed E-state index contributed by atoms with van der Waals surface area (Å²) in [6.07, 6.45) is -0.439. The number of alkyl carbamates (subject to hydrolysis) is 1. The predicted molar refractivity (Wildman–Crippen MR) is 70.9 cm³/mol. The number of nitrogens with one attached hydrogen (secondary N) is 1. The van der Waals surface area contributed by atoms with Crippen LogP contribution < -0.4 is 11.1 Å². The molecule has 0 atom stereocenters. The summed E-state index contributed by atoms with van der Waals surface area (Å²) in [4.78, 5) is 11.3. The molecule has 0 heterocycles. The Hall–Kier alpha value is -0.890. The van der Waals surface area contributed by atoms with E-state index in [0.29, 0.717) is 39.6 Å². The van der Waals surface area contributed by atoms with Gasteiger partial charge in [-0.3, -0.25) is 0 Å². The Morgan fingerprint density at radius 3 is 2.05 bits per heavy atom. The summed E-state index contributed by atoms with van der Waals surface area (Å²) in [5.74, 6) is 0. The number of hydrogen-bond donors (Lipinski definition) is 2. The normalized spacial score (nSPS) is 11.4. The van der Waals surface area contributed by atoms with Gasteiger partial charge in [-0.2, -0.15) is 0 Å². The molecule has 0 aromatic carbocycles. The lowest BCUT2D eigenvalue weighted by molar-refractivity contribution is 0.0151. The summed E-state index contributed by atoms with van der Waals surface area (Å²) in [5.41, 5.74) is 4.66. The van der Waals surface area contributed by atoms with Crippen molar-refractivity contribution in [3.8, 4) is 0 Å². The molecule has 0 bridgehead atoms. The molecule has 0 rings (SSSR count). The quantitative estimate of drug-likeness (QED) is 0.446. The van der Waals surface area contributed by atoms with Crippen molar-refractivity contribution in [1.82, 2.24) is 5.32 Å². The van der Waals surface area contributed by atoms with Crippen molar-refractivity contribution in [2.75, 3.05) is 46.3 Å². The molecule has 19 heavy (non-hydrogen) atoms. The molecule has 0 saturated heterocycles. The monoisotopic (exact) mass is 278 g/mol. The van der Waals surface area contributed by atoms with Gasteiger partial charge in [-0.15, -0.1) is 0 Å². The van der Waals surface area contributed by atoms with Crippen LogP contribution in [0.4, 0.5) is 4.79 Å². The van der Waals surface area contributed by atoms with Crippen molar-refractivity contribution < 1.29 is 23.7 Å². The Morgan fingerprint density at radius 1 is 1.00 bits per heavy atom. The van der Waals surface area contributed by atoms with E-state index in [-0.39, 0.29) is 6.73 Å². The van der Waals surface area contributed by atoms with Gasteiger partial charge in [0.25, 0.3) is 0 Å². The second-order valence-corrected chi connectivity index (χ2v) is 4.73. The van der Waals surface area contributed by atoms with Gasteiger partial charge in [-0.05, 0) is 20.8 Å². The minimum Gasteiger partial charge on any atom is -0.444 e. The summed E-state index contributed by atoms with van der Waals surface area (Å²) in [5, 5.41) is 2.60. The molecule has 0 spiro atoms. The van der Waals surface area contributed by atoms with Crippen LogP contribution in [0.2, 0.25) is 0 Å². The van der Waals surface area contributed by atoms with Crippen LogP contribution in [0, 0.1) is 0 Å². The standard InChI is InChI=1S/C12H26N2O5/c1-12(2,3)19-11(15)14-4-5-16-6-7-17-8-9-18-10-13/h4-10,13H2,1-3H3,(H,14,15). The lowest BCUT2D eigenvalue weighted by Gasteiger charge is -2.19. The number of nitrogens with two attached hydrogens (primary N) is 1. The molecular weight excluding hydrogens is 252 g/mol. The number of rotatable bonds is 10. The molecule has 0 saturated carbocycles. The largest absolute Gasteiger partial charge is 0.444 e. The van der Waals surface area contributed by atoms with E-state index in [4.69, 9.17) is 24.7 Å². The van der Waals surface area contributed by atoms with Gasteiger partial charge in [0.1, 0.15) is 5.60 Å². The van der Waals surface area contributed by atoms with Crippen molar-refractivity contribution in [1.29, 1.82) is 0 Å². The van der Waals surface area contributed by atoms with Gasteiger partial charge in [-0.1, -0.05) is 0 Å². The maximum absolute atomic E-state index is 11.3. The molecule has 0 aromatic heterocycles. The van der Waals surface area contributed by atoms with Gasteiger partial charge in [-0.25, -0.2) is 4.79 Å². The van der Waals surface area contributed by atoms with Gasteiger partial charge >= 0.3 is 6.09 Å². The molecule has 7 nitrogen and oxygen atoms in total. The maximum atomic E-state index is 11.3. The summed E-state index contributed by atoms with van der Waals surface area (Å²) in [7, 11) is 0. The minimum absolute atomic E-state index is 0.205. The van der Waals surface area contributed by atoms with Gasteiger partial charge in [0.2, 0.25) is 0 Å². The average Bonchev–Trinajstić information content (AvgIpc) is 2.29. The number of hydrogen-bond acceptors (Lipinski definition) is 6. The molecule has 0 fully saturated rings. The van der Waals surface area contributed by atoms with Crippen LogP contribution in [0.15, 0.2) is 0 Å². The Balaban J connectivity index is 3.21. The predicted octanol–water partition coefficient (Wildman–Crippen LogP) is 0.477. The molecule has 0 radical (unpaired) electrons. The first-order valence-electron chi connectivity index (χ1n) is 6.36. The van der Waals surface area contributed by atoms with Gasteiger partial charge in [0.05, 0.1) is 39.8 Å². The first kappa shape index (κ1) is 18.1. The fraction of sp³-hybridized carbons (Fsp3) is 0.917. The lowest BCUT2D eigenvalue weighted by atomic mass is 10.2. The Labute approximate surface area is 114 Å². The summed E-state index contributed by atoms with van der Waals surface area (Å²) in [6.45, 7) is 8.41. The number of carbonyl (C=O) groups excluding carboxylic acids is 1. The highest BCUT2D eigenvalue weighted by molar-refractivity contribution is 5.67. The van der Waals surface area contributed by atoms with Gasteiger partial charge in [0, 0.05) is 6.54 Å². The highest BCUT2D eigenvalue weighted by Gasteiger charge is 2.15. The smallest absolute Gasteiger partial charge is 0.407 e. The van der Waals surface area contributed by atoms with Gasteiger partial charge < -0.3 is 30.0 Å². The molecular formula is C12H26N2O5. The van der Waals surface area contributed by atoms with Crippen molar-refractivity contribution in [2.24, 2.45) is 5.73 Å². The topological polar surface area (TPSA) is 92.0 Å². The van der Waals surface area contributed by atoms with E-state index in [1.807, 2.05) is 20.8 Å². The Bertz CT molecular complexity index is 231. The van der Waals surface area contributed by atoms with Crippen LogP contribution in [0.3, 0.4) is 0 Å². The SMILES string of the molecule is CC(C)(C)OC(=O)NCCOCCOCCOCN. The van der Waals surface area contributed by atoms with E-state index in [9.17, 15) is 4.79 Å². The molecule has 3 N–H and O–H groups in total. The maximum Gasteiger partial charge on any atom is 0.407 e. The third-order valence-electron chi connectivity index (χ3n) is 1.78. The first-order chi connectivity index (χ1) is 8.95. The third-order valence-corrected chi connectivity index (χ3v) is 1.78. The molecule has 0 aliphatic carbocycles. The molecule has 114 valence electrons. The minimum atomic E-state index is -0.482. The van der Waals surface area contributed by atoms with E-state index in [2.05, 4.69) is 5.32 Å². The second-order valence-electron chi connectivity index (χ2n) is 4.73. The van der Waals surface area contributed by atoms with Crippen LogP contribution in [0.5, 0.6) is 0 Å². The van der Waals surface area contributed by atoms with Crippen molar-refractivity contribution in [3.63, 3.8) is 0 Å². The highest BCUT2D eigenvalue weighted by atomic mass is 16.6. The van der Waals surface area contributed by atoms with Gasteiger partial charge in [0.15, 0.2) is 0 Å². The number of amides is 1. The average molecular weight is 278 g/mol. The second kappa shape index (κ2) is 11.0. The Kier molecular flexibility index (Phi) is 10.5. The zero-order valence-corrected chi connectivity index (χ0v) is 12.1. The number of ether oxygens (including phenoxy) is 4. The van der Waals surface area contributed by atoms with Crippen molar-refractivity contribution in [2.45, 2.75) is 26.4 Å². The molecule has 0 aliphatic heterocycles. The van der Waals surface area contributed by atoms with Crippen LogP contribution in [0.25, 0.3) is 0 Å². The summed E-state index contributed by atoms with van der Waals surface area (Å²) < 4.78 is 20.4. The van der Waals surface area contributed by atoms with Crippen LogP contribution in [0.1, 0.15) is 20.8 Å². The van der Waals surface area contributed by atoms with E-state index < -0.39 is 11.7 Å². The van der Waals surface area contributed by atoms with Crippen LogP contribution in [-0.4, -0.2) is 58.0 Å². The molecule has 1 amide bonds. The fourth-order valence-electron chi connectivity index (χ4n) is 1.06. The summed E-state index contributed by atoms with van der Waals surface area (Å²) >= 11 is 0. The highest BCUT2D eigenvalue weighted by Crippen LogP contribution is 2.05. The van der Waals surface area contributed by atoms with E-state index in [0.717, 1.165) is 0 Å². The molecule has 0 aromatic rings. The number of carbonyl (C=O) groups is 1. The van der Waals surface area contributed by atoms with E-state index in [1.54, 1.807) is 0 Å². The molecule has 0 aliphatic rings. The van der Waals surface area contributed by atoms with Crippen LogP contribution in [-0.2, 0) is 18.9 Å².